The number of rotatable bonds is 5. The van der Waals surface area contributed by atoms with E-state index in [1.807, 2.05) is 0 Å². The van der Waals surface area contributed by atoms with Crippen LogP contribution in [0.25, 0.3) is 0 Å². The van der Waals surface area contributed by atoms with E-state index in [1.165, 1.54) is 31.4 Å². The van der Waals surface area contributed by atoms with E-state index in [1.54, 1.807) is 25.3 Å². The minimum atomic E-state index is -0.538. The molecule has 0 bridgehead atoms. The summed E-state index contributed by atoms with van der Waals surface area (Å²) in [6.07, 6.45) is 0. The minimum Gasteiger partial charge on any atom is -0.497 e. The Hall–Kier alpha value is -3.02. The van der Waals surface area contributed by atoms with Gasteiger partial charge < -0.3 is 20.5 Å². The number of primary amides is 1. The molecular weight excluding hydrogens is 284 g/mol. The molecule has 0 saturated carbocycles. The van der Waals surface area contributed by atoms with Gasteiger partial charge in [-0.15, -0.1) is 0 Å². The van der Waals surface area contributed by atoms with E-state index >= 15 is 0 Å². The number of hydrogen-bond donors (Lipinski definition) is 2. The minimum absolute atomic E-state index is 0.320. The standard InChI is InChI=1S/C16H16N2O4/c1-21-12-7-8-13(14(9-12)22-2)18-16(20)11-5-3-10(4-6-11)15(17)19/h3-9H,1-2H3,(H2,17,19)(H,18,20). The molecule has 0 heterocycles. The summed E-state index contributed by atoms with van der Waals surface area (Å²) in [6, 6.07) is 11.1. The molecule has 3 N–H and O–H groups in total. The van der Waals surface area contributed by atoms with Crippen molar-refractivity contribution in [3.63, 3.8) is 0 Å². The van der Waals surface area contributed by atoms with Crippen LogP contribution in [0.1, 0.15) is 20.7 Å². The van der Waals surface area contributed by atoms with Crippen molar-refractivity contribution in [3.8, 4) is 11.5 Å². The zero-order valence-electron chi connectivity index (χ0n) is 12.3. The Kier molecular flexibility index (Phi) is 4.63. The summed E-state index contributed by atoms with van der Waals surface area (Å²) in [5.74, 6) is 0.255. The first kappa shape index (κ1) is 15.4. The molecule has 0 aromatic heterocycles. The molecule has 0 spiro atoms. The third kappa shape index (κ3) is 3.35. The van der Waals surface area contributed by atoms with Crippen LogP contribution >= 0.6 is 0 Å². The fraction of sp³-hybridized carbons (Fsp3) is 0.125. The van der Waals surface area contributed by atoms with Crippen LogP contribution in [0.4, 0.5) is 5.69 Å². The summed E-state index contributed by atoms with van der Waals surface area (Å²) < 4.78 is 10.3. The highest BCUT2D eigenvalue weighted by molar-refractivity contribution is 6.05. The second kappa shape index (κ2) is 6.62. The molecule has 2 aromatic carbocycles. The van der Waals surface area contributed by atoms with E-state index in [0.717, 1.165) is 0 Å². The summed E-state index contributed by atoms with van der Waals surface area (Å²) >= 11 is 0. The van der Waals surface area contributed by atoms with Crippen molar-refractivity contribution in [2.24, 2.45) is 5.73 Å². The summed E-state index contributed by atoms with van der Waals surface area (Å²) in [6.45, 7) is 0. The molecule has 22 heavy (non-hydrogen) atoms. The molecule has 0 saturated heterocycles. The Labute approximate surface area is 127 Å². The van der Waals surface area contributed by atoms with Crippen molar-refractivity contribution < 1.29 is 19.1 Å². The van der Waals surface area contributed by atoms with Crippen molar-refractivity contribution in [1.82, 2.24) is 0 Å². The van der Waals surface area contributed by atoms with Crippen LogP contribution in [-0.2, 0) is 0 Å². The van der Waals surface area contributed by atoms with Crippen molar-refractivity contribution in [1.29, 1.82) is 0 Å². The first-order valence-corrected chi connectivity index (χ1v) is 6.48. The van der Waals surface area contributed by atoms with Gasteiger partial charge in [0.15, 0.2) is 0 Å². The average molecular weight is 300 g/mol. The maximum absolute atomic E-state index is 12.2. The van der Waals surface area contributed by atoms with Crippen molar-refractivity contribution in [2.45, 2.75) is 0 Å². The third-order valence-electron chi connectivity index (χ3n) is 3.09. The molecule has 0 fully saturated rings. The smallest absolute Gasteiger partial charge is 0.255 e. The number of methoxy groups -OCH3 is 2. The Balaban J connectivity index is 2.19. The number of amides is 2. The quantitative estimate of drug-likeness (QED) is 0.884. The Morgan fingerprint density at radius 2 is 1.59 bits per heavy atom. The van der Waals surface area contributed by atoms with Gasteiger partial charge in [-0.3, -0.25) is 9.59 Å². The topological polar surface area (TPSA) is 90.6 Å². The molecule has 114 valence electrons. The van der Waals surface area contributed by atoms with E-state index in [0.29, 0.717) is 28.3 Å². The van der Waals surface area contributed by atoms with E-state index in [9.17, 15) is 9.59 Å². The van der Waals surface area contributed by atoms with E-state index < -0.39 is 5.91 Å². The zero-order chi connectivity index (χ0) is 16.1. The lowest BCUT2D eigenvalue weighted by Crippen LogP contribution is -2.14. The molecule has 2 rings (SSSR count). The van der Waals surface area contributed by atoms with Crippen LogP contribution in [0, 0.1) is 0 Å². The van der Waals surface area contributed by atoms with Gasteiger partial charge in [0.2, 0.25) is 5.91 Å². The SMILES string of the molecule is COc1ccc(NC(=O)c2ccc(C(N)=O)cc2)c(OC)c1. The Morgan fingerprint density at radius 3 is 2.14 bits per heavy atom. The number of ether oxygens (including phenoxy) is 2. The average Bonchev–Trinajstić information content (AvgIpc) is 2.55. The molecule has 6 heteroatoms. The fourth-order valence-corrected chi connectivity index (χ4v) is 1.88. The van der Waals surface area contributed by atoms with Gasteiger partial charge in [0.05, 0.1) is 19.9 Å². The molecule has 0 radical (unpaired) electrons. The molecule has 0 aliphatic heterocycles. The first-order valence-electron chi connectivity index (χ1n) is 6.48. The van der Waals surface area contributed by atoms with Crippen molar-refractivity contribution in [3.05, 3.63) is 53.6 Å². The normalized spacial score (nSPS) is 9.91. The van der Waals surface area contributed by atoms with E-state index in [4.69, 9.17) is 15.2 Å². The molecule has 0 aliphatic rings. The number of nitrogens with one attached hydrogen (secondary N) is 1. The van der Waals surface area contributed by atoms with Gasteiger partial charge >= 0.3 is 0 Å². The van der Waals surface area contributed by atoms with Crippen molar-refractivity contribution in [2.75, 3.05) is 19.5 Å². The predicted octanol–water partition coefficient (Wildman–Crippen LogP) is 2.05. The predicted molar refractivity (Wildman–Crippen MR) is 82.5 cm³/mol. The fourth-order valence-electron chi connectivity index (χ4n) is 1.88. The lowest BCUT2D eigenvalue weighted by molar-refractivity contribution is 0.0995. The zero-order valence-corrected chi connectivity index (χ0v) is 12.3. The van der Waals surface area contributed by atoms with Gasteiger partial charge in [0, 0.05) is 17.2 Å². The summed E-state index contributed by atoms with van der Waals surface area (Å²) in [7, 11) is 3.05. The molecule has 2 aromatic rings. The maximum atomic E-state index is 12.2. The maximum Gasteiger partial charge on any atom is 0.255 e. The molecule has 0 aliphatic carbocycles. The largest absolute Gasteiger partial charge is 0.497 e. The molecular formula is C16H16N2O4. The lowest BCUT2D eigenvalue weighted by Gasteiger charge is -2.11. The molecule has 2 amide bonds. The monoisotopic (exact) mass is 300 g/mol. The number of nitrogens with two attached hydrogens (primary N) is 1. The Morgan fingerprint density at radius 1 is 0.955 bits per heavy atom. The van der Waals surface area contributed by atoms with Crippen molar-refractivity contribution >= 4 is 17.5 Å². The summed E-state index contributed by atoms with van der Waals surface area (Å²) in [5, 5.41) is 2.74. The number of hydrogen-bond acceptors (Lipinski definition) is 4. The van der Waals surface area contributed by atoms with Gasteiger partial charge in [-0.25, -0.2) is 0 Å². The van der Waals surface area contributed by atoms with Crippen LogP contribution < -0.4 is 20.5 Å². The van der Waals surface area contributed by atoms with Crippen LogP contribution in [0.3, 0.4) is 0 Å². The number of carbonyl (C=O) groups excluding carboxylic acids is 2. The van der Waals surface area contributed by atoms with Crippen LogP contribution in [0.15, 0.2) is 42.5 Å². The van der Waals surface area contributed by atoms with Crippen LogP contribution in [0.2, 0.25) is 0 Å². The highest BCUT2D eigenvalue weighted by atomic mass is 16.5. The van der Waals surface area contributed by atoms with Gasteiger partial charge in [-0.05, 0) is 36.4 Å². The van der Waals surface area contributed by atoms with E-state index in [-0.39, 0.29) is 5.91 Å². The lowest BCUT2D eigenvalue weighted by atomic mass is 10.1. The second-order valence-corrected chi connectivity index (χ2v) is 4.46. The highest BCUT2D eigenvalue weighted by Crippen LogP contribution is 2.29. The number of anilines is 1. The van der Waals surface area contributed by atoms with Crippen LogP contribution in [-0.4, -0.2) is 26.0 Å². The van der Waals surface area contributed by atoms with Gasteiger partial charge in [0.1, 0.15) is 11.5 Å². The van der Waals surface area contributed by atoms with Crippen LogP contribution in [0.5, 0.6) is 11.5 Å². The summed E-state index contributed by atoms with van der Waals surface area (Å²) in [5.41, 5.74) is 6.43. The summed E-state index contributed by atoms with van der Waals surface area (Å²) in [4.78, 5) is 23.2. The first-order chi connectivity index (χ1) is 10.5. The number of benzene rings is 2. The van der Waals surface area contributed by atoms with Gasteiger partial charge in [0.25, 0.3) is 5.91 Å². The Bertz CT molecular complexity index is 696. The molecule has 0 atom stereocenters. The highest BCUT2D eigenvalue weighted by Gasteiger charge is 2.11. The third-order valence-corrected chi connectivity index (χ3v) is 3.09. The molecule has 0 unspecified atom stereocenters. The molecule has 6 nitrogen and oxygen atoms in total. The van der Waals surface area contributed by atoms with E-state index in [2.05, 4.69) is 5.32 Å². The second-order valence-electron chi connectivity index (χ2n) is 4.46. The number of carbonyl (C=O) groups is 2. The van der Waals surface area contributed by atoms with Gasteiger partial charge in [-0.1, -0.05) is 0 Å². The van der Waals surface area contributed by atoms with Gasteiger partial charge in [-0.2, -0.15) is 0 Å².